The number of benzene rings is 3. The van der Waals surface area contributed by atoms with Gasteiger partial charge in [0, 0.05) is 17.5 Å². The van der Waals surface area contributed by atoms with E-state index in [2.05, 4.69) is 9.97 Å². The molecular weight excluding hydrogens is 451 g/mol. The van der Waals surface area contributed by atoms with E-state index >= 15 is 0 Å². The molecule has 7 heteroatoms. The number of hydrogen-bond acceptors (Lipinski definition) is 4. The zero-order valence-electron chi connectivity index (χ0n) is 19.2. The van der Waals surface area contributed by atoms with Crippen LogP contribution in [0.3, 0.4) is 0 Å². The summed E-state index contributed by atoms with van der Waals surface area (Å²) in [5.41, 5.74) is 4.85. The standard InChI is InChI=1S/C29H21BN2O4/c33-26(24-17-15-22(31-24)20-9-3-1-4-10-20)19-29(36-30-34-27-13-7-8-14-28(27)35-30)25-18-16-23(32-25)21-11-5-2-6-12-21/h1-19,31-32H/b29-19-. The van der Waals surface area contributed by atoms with Gasteiger partial charge < -0.3 is 23.9 Å². The van der Waals surface area contributed by atoms with E-state index in [0.717, 1.165) is 22.5 Å². The van der Waals surface area contributed by atoms with Crippen molar-refractivity contribution in [3.63, 3.8) is 0 Å². The normalized spacial score (nSPS) is 12.6. The largest absolute Gasteiger partial charge is 0.864 e. The van der Waals surface area contributed by atoms with Gasteiger partial charge in [-0.05, 0) is 47.5 Å². The van der Waals surface area contributed by atoms with Gasteiger partial charge in [-0.25, -0.2) is 0 Å². The van der Waals surface area contributed by atoms with Crippen LogP contribution in [0.2, 0.25) is 0 Å². The predicted molar refractivity (Wildman–Crippen MR) is 139 cm³/mol. The van der Waals surface area contributed by atoms with Crippen molar-refractivity contribution in [2.45, 2.75) is 0 Å². The maximum absolute atomic E-state index is 13.3. The topological polar surface area (TPSA) is 76.3 Å². The molecule has 0 atom stereocenters. The molecule has 1 aliphatic heterocycles. The summed E-state index contributed by atoms with van der Waals surface area (Å²) in [5, 5.41) is 0. The number of carbonyl (C=O) groups excluding carboxylic acids is 1. The quantitative estimate of drug-likeness (QED) is 0.125. The summed E-state index contributed by atoms with van der Waals surface area (Å²) in [7, 11) is -1.02. The summed E-state index contributed by atoms with van der Waals surface area (Å²) in [6.07, 6.45) is 1.44. The van der Waals surface area contributed by atoms with E-state index in [1.54, 1.807) is 18.2 Å². The number of carbonyl (C=O) groups is 1. The van der Waals surface area contributed by atoms with Gasteiger partial charge in [-0.3, -0.25) is 4.79 Å². The third kappa shape index (κ3) is 4.42. The zero-order valence-corrected chi connectivity index (χ0v) is 19.2. The highest BCUT2D eigenvalue weighted by molar-refractivity contribution is 6.41. The van der Waals surface area contributed by atoms with Crippen LogP contribution in [-0.2, 0) is 4.65 Å². The minimum atomic E-state index is -1.02. The fraction of sp³-hybridized carbons (Fsp3) is 0. The Balaban J connectivity index is 1.30. The number of para-hydroxylation sites is 2. The van der Waals surface area contributed by atoms with Gasteiger partial charge in [-0.1, -0.05) is 72.8 Å². The lowest BCUT2D eigenvalue weighted by Gasteiger charge is -2.11. The number of allylic oxidation sites excluding steroid dienone is 1. The van der Waals surface area contributed by atoms with Crippen molar-refractivity contribution in [1.29, 1.82) is 0 Å². The van der Waals surface area contributed by atoms with Gasteiger partial charge in [0.2, 0.25) is 5.78 Å². The van der Waals surface area contributed by atoms with Gasteiger partial charge in [0.05, 0.1) is 11.4 Å². The minimum absolute atomic E-state index is 0.237. The molecule has 2 N–H and O–H groups in total. The average Bonchev–Trinajstić information content (AvgIpc) is 3.69. The van der Waals surface area contributed by atoms with Crippen LogP contribution < -0.4 is 9.31 Å². The maximum atomic E-state index is 13.3. The lowest BCUT2D eigenvalue weighted by atomic mass is 10.2. The van der Waals surface area contributed by atoms with Crippen molar-refractivity contribution >= 4 is 18.9 Å². The molecule has 1 aliphatic rings. The van der Waals surface area contributed by atoms with Crippen LogP contribution in [0.4, 0.5) is 0 Å². The van der Waals surface area contributed by atoms with Crippen molar-refractivity contribution in [3.05, 3.63) is 127 Å². The van der Waals surface area contributed by atoms with E-state index in [9.17, 15) is 4.79 Å². The molecule has 2 aromatic heterocycles. The molecule has 0 bridgehead atoms. The Bertz CT molecular complexity index is 1510. The Morgan fingerprint density at radius 2 is 1.14 bits per heavy atom. The summed E-state index contributed by atoms with van der Waals surface area (Å²) in [6, 6.07) is 34.6. The second-order valence-electron chi connectivity index (χ2n) is 8.27. The Morgan fingerprint density at radius 3 is 1.72 bits per heavy atom. The number of H-pyrrole nitrogens is 2. The first kappa shape index (κ1) is 21.6. The molecule has 0 saturated carbocycles. The molecule has 6 nitrogen and oxygen atoms in total. The van der Waals surface area contributed by atoms with Crippen LogP contribution in [0.1, 0.15) is 16.2 Å². The Kier molecular flexibility index (Phi) is 5.64. The van der Waals surface area contributed by atoms with Gasteiger partial charge in [0.1, 0.15) is 17.3 Å². The highest BCUT2D eigenvalue weighted by Gasteiger charge is 2.38. The molecule has 0 saturated heterocycles. The molecule has 0 fully saturated rings. The number of aromatic amines is 2. The summed E-state index contributed by atoms with van der Waals surface area (Å²) in [6.45, 7) is 0. The second-order valence-corrected chi connectivity index (χ2v) is 8.27. The Hall–Kier alpha value is -4.91. The first-order valence-electron chi connectivity index (χ1n) is 11.6. The number of ketones is 1. The van der Waals surface area contributed by atoms with Crippen molar-refractivity contribution < 1.29 is 18.8 Å². The SMILES string of the molecule is O=C(/C=C(\OB1Oc2ccccc2O1)c1ccc(-c2ccccc2)[nH]1)c1ccc(-c2ccccc2)[nH]1. The number of aromatic nitrogens is 2. The smallest absolute Gasteiger partial charge is 0.488 e. The summed E-state index contributed by atoms with van der Waals surface area (Å²) in [5.74, 6) is 1.23. The molecule has 36 heavy (non-hydrogen) atoms. The fourth-order valence-corrected chi connectivity index (χ4v) is 4.05. The van der Waals surface area contributed by atoms with Crippen LogP contribution in [0.15, 0.2) is 115 Å². The van der Waals surface area contributed by atoms with Crippen molar-refractivity contribution in [2.75, 3.05) is 0 Å². The molecule has 5 aromatic rings. The van der Waals surface area contributed by atoms with E-state index in [1.807, 2.05) is 91.0 Å². The van der Waals surface area contributed by atoms with Gasteiger partial charge in [-0.15, -0.1) is 0 Å². The summed E-state index contributed by atoms with van der Waals surface area (Å²) < 4.78 is 17.6. The van der Waals surface area contributed by atoms with E-state index < -0.39 is 7.32 Å². The summed E-state index contributed by atoms with van der Waals surface area (Å²) >= 11 is 0. The molecule has 0 radical (unpaired) electrons. The molecule has 3 heterocycles. The molecule has 174 valence electrons. The molecular formula is C29H21BN2O4. The highest BCUT2D eigenvalue weighted by Crippen LogP contribution is 2.34. The van der Waals surface area contributed by atoms with Gasteiger partial charge in [0.25, 0.3) is 0 Å². The molecule has 0 spiro atoms. The predicted octanol–water partition coefficient (Wildman–Crippen LogP) is 6.37. The number of rotatable bonds is 7. The Morgan fingerprint density at radius 1 is 0.639 bits per heavy atom. The monoisotopic (exact) mass is 472 g/mol. The lowest BCUT2D eigenvalue weighted by molar-refractivity contribution is 0.104. The fourth-order valence-electron chi connectivity index (χ4n) is 4.05. The van der Waals surface area contributed by atoms with E-state index in [-0.39, 0.29) is 5.78 Å². The van der Waals surface area contributed by atoms with Crippen LogP contribution in [0, 0.1) is 0 Å². The highest BCUT2D eigenvalue weighted by atomic mass is 16.8. The number of fused-ring (bicyclic) bond motifs is 1. The molecule has 0 unspecified atom stereocenters. The van der Waals surface area contributed by atoms with Crippen LogP contribution in [-0.4, -0.2) is 23.1 Å². The third-order valence-corrected chi connectivity index (χ3v) is 5.85. The second kappa shape index (κ2) is 9.39. The molecule has 0 amide bonds. The minimum Gasteiger partial charge on any atom is -0.488 e. The molecule has 0 aliphatic carbocycles. The lowest BCUT2D eigenvalue weighted by Crippen LogP contribution is -2.28. The van der Waals surface area contributed by atoms with Crippen LogP contribution >= 0.6 is 0 Å². The van der Waals surface area contributed by atoms with Crippen molar-refractivity contribution in [3.8, 4) is 34.0 Å². The van der Waals surface area contributed by atoms with Gasteiger partial charge in [0.15, 0.2) is 0 Å². The van der Waals surface area contributed by atoms with E-state index in [4.69, 9.17) is 14.0 Å². The molecule has 6 rings (SSSR count). The van der Waals surface area contributed by atoms with Crippen LogP contribution in [0.25, 0.3) is 28.3 Å². The first-order chi connectivity index (χ1) is 17.7. The van der Waals surface area contributed by atoms with Crippen LogP contribution in [0.5, 0.6) is 11.5 Å². The Labute approximate surface area is 208 Å². The van der Waals surface area contributed by atoms with E-state index in [1.165, 1.54) is 6.08 Å². The number of nitrogens with one attached hydrogen (secondary N) is 2. The average molecular weight is 472 g/mol. The van der Waals surface area contributed by atoms with Crippen molar-refractivity contribution in [1.82, 2.24) is 9.97 Å². The first-order valence-corrected chi connectivity index (χ1v) is 11.6. The number of hydrogen-bond donors (Lipinski definition) is 2. The maximum Gasteiger partial charge on any atom is 0.864 e. The van der Waals surface area contributed by atoms with Gasteiger partial charge >= 0.3 is 7.32 Å². The van der Waals surface area contributed by atoms with Gasteiger partial charge in [-0.2, -0.15) is 0 Å². The molecule has 3 aromatic carbocycles. The summed E-state index contributed by atoms with van der Waals surface area (Å²) in [4.78, 5) is 19.8. The van der Waals surface area contributed by atoms with E-state index in [0.29, 0.717) is 28.6 Å². The third-order valence-electron chi connectivity index (χ3n) is 5.85. The van der Waals surface area contributed by atoms with Crippen molar-refractivity contribution in [2.24, 2.45) is 0 Å². The zero-order chi connectivity index (χ0) is 24.3.